The van der Waals surface area contributed by atoms with Crippen molar-refractivity contribution < 1.29 is 14.1 Å². The Morgan fingerprint density at radius 1 is 1.40 bits per heavy atom. The number of carbonyl (C=O) groups excluding carboxylic acids is 1. The molecule has 2 fully saturated rings. The largest absolute Gasteiger partial charge is 0.376 e. The van der Waals surface area contributed by atoms with Gasteiger partial charge in [-0.05, 0) is 25.3 Å². The summed E-state index contributed by atoms with van der Waals surface area (Å²) < 4.78 is 11.0. The quantitative estimate of drug-likeness (QED) is 0.896. The minimum Gasteiger partial charge on any atom is -0.376 e. The van der Waals surface area contributed by atoms with E-state index in [0.29, 0.717) is 48.8 Å². The second-order valence-corrected chi connectivity index (χ2v) is 6.58. The summed E-state index contributed by atoms with van der Waals surface area (Å²) in [5.74, 6) is 1.99. The lowest BCUT2D eigenvalue weighted by atomic mass is 9.84. The molecule has 0 unspecified atom stereocenters. The molecular weight excluding hydrogens is 322 g/mol. The van der Waals surface area contributed by atoms with Crippen LogP contribution in [0.5, 0.6) is 0 Å². The molecule has 132 valence electrons. The van der Waals surface area contributed by atoms with Crippen LogP contribution in [0.2, 0.25) is 0 Å². The smallest absolute Gasteiger partial charge is 0.259 e. The van der Waals surface area contributed by atoms with Crippen LogP contribution < -0.4 is 5.32 Å². The molecule has 25 heavy (non-hydrogen) atoms. The number of anilines is 1. The third-order valence-corrected chi connectivity index (χ3v) is 5.09. The Bertz CT molecular complexity index is 735. The molecule has 0 bridgehead atoms. The second-order valence-electron chi connectivity index (χ2n) is 6.58. The van der Waals surface area contributed by atoms with Gasteiger partial charge in [0.2, 0.25) is 5.95 Å². The van der Waals surface area contributed by atoms with E-state index in [0.717, 1.165) is 13.0 Å². The fraction of sp³-hybridized carbons (Fsp3) is 0.529. The fourth-order valence-corrected chi connectivity index (χ4v) is 3.74. The summed E-state index contributed by atoms with van der Waals surface area (Å²) in [6, 6.07) is 1.79. The molecular formula is C17H21N5O3. The molecule has 0 saturated carbocycles. The van der Waals surface area contributed by atoms with E-state index in [-0.39, 0.29) is 12.0 Å². The highest BCUT2D eigenvalue weighted by Gasteiger charge is 2.42. The number of carbonyl (C=O) groups is 1. The number of piperidine rings is 1. The Balaban J connectivity index is 1.35. The monoisotopic (exact) mass is 343 g/mol. The Kier molecular flexibility index (Phi) is 4.35. The van der Waals surface area contributed by atoms with Crippen LogP contribution in [-0.2, 0) is 4.74 Å². The molecule has 8 nitrogen and oxygen atoms in total. The van der Waals surface area contributed by atoms with Crippen molar-refractivity contribution >= 4 is 11.9 Å². The van der Waals surface area contributed by atoms with Gasteiger partial charge >= 0.3 is 0 Å². The predicted molar refractivity (Wildman–Crippen MR) is 89.0 cm³/mol. The zero-order chi connectivity index (χ0) is 17.2. The number of ether oxygens (including phenoxy) is 1. The molecule has 0 spiro atoms. The lowest BCUT2D eigenvalue weighted by Crippen LogP contribution is -2.45. The van der Waals surface area contributed by atoms with Crippen LogP contribution in [-0.4, -0.2) is 58.3 Å². The first kappa shape index (κ1) is 16.0. The van der Waals surface area contributed by atoms with E-state index in [2.05, 4.69) is 20.4 Å². The molecule has 2 aromatic rings. The van der Waals surface area contributed by atoms with Gasteiger partial charge in [0.1, 0.15) is 11.3 Å². The van der Waals surface area contributed by atoms with Crippen molar-refractivity contribution in [1.29, 1.82) is 0 Å². The van der Waals surface area contributed by atoms with E-state index in [1.807, 2.05) is 4.90 Å². The highest BCUT2D eigenvalue weighted by molar-refractivity contribution is 5.94. The Hall–Kier alpha value is -2.48. The molecule has 1 N–H and O–H groups in total. The van der Waals surface area contributed by atoms with Crippen molar-refractivity contribution in [2.75, 3.05) is 31.6 Å². The molecule has 3 atom stereocenters. The molecule has 4 rings (SSSR count). The van der Waals surface area contributed by atoms with Gasteiger partial charge in [-0.15, -0.1) is 0 Å². The van der Waals surface area contributed by atoms with E-state index in [1.54, 1.807) is 25.4 Å². The minimum atomic E-state index is -0.00328. The number of aryl methyl sites for hydroxylation is 1. The Morgan fingerprint density at radius 2 is 2.24 bits per heavy atom. The lowest BCUT2D eigenvalue weighted by Gasteiger charge is -2.35. The zero-order valence-electron chi connectivity index (χ0n) is 14.1. The summed E-state index contributed by atoms with van der Waals surface area (Å²) in [6.07, 6.45) is 5.99. The van der Waals surface area contributed by atoms with Gasteiger partial charge in [0.25, 0.3) is 5.91 Å². The average molecular weight is 343 g/mol. The Labute approximate surface area is 145 Å². The molecule has 2 saturated heterocycles. The SMILES string of the molecule is Cc1oncc1C(=O)N1CC[C@@H]2[C@@H](CO[C@H]2CNc2ncccn2)C1. The molecule has 2 aromatic heterocycles. The van der Waals surface area contributed by atoms with Crippen LogP contribution in [0.4, 0.5) is 5.95 Å². The molecule has 2 aliphatic rings. The minimum absolute atomic E-state index is 0.00328. The predicted octanol–water partition coefficient (Wildman–Crippen LogP) is 1.36. The van der Waals surface area contributed by atoms with Crippen molar-refractivity contribution in [2.45, 2.75) is 19.4 Å². The van der Waals surface area contributed by atoms with E-state index >= 15 is 0 Å². The van der Waals surface area contributed by atoms with E-state index in [1.165, 1.54) is 6.20 Å². The molecule has 2 aliphatic heterocycles. The van der Waals surface area contributed by atoms with Crippen LogP contribution in [0, 0.1) is 18.8 Å². The second kappa shape index (κ2) is 6.79. The average Bonchev–Trinajstić information content (AvgIpc) is 3.25. The number of likely N-dealkylation sites (tertiary alicyclic amines) is 1. The van der Waals surface area contributed by atoms with E-state index in [4.69, 9.17) is 9.26 Å². The van der Waals surface area contributed by atoms with Crippen LogP contribution in [0.15, 0.2) is 29.2 Å². The van der Waals surface area contributed by atoms with Crippen molar-refractivity contribution in [2.24, 2.45) is 11.8 Å². The highest BCUT2D eigenvalue weighted by atomic mass is 16.5. The van der Waals surface area contributed by atoms with Crippen LogP contribution >= 0.6 is 0 Å². The van der Waals surface area contributed by atoms with Gasteiger partial charge in [-0.2, -0.15) is 0 Å². The van der Waals surface area contributed by atoms with Gasteiger partial charge in [0.05, 0.1) is 18.9 Å². The van der Waals surface area contributed by atoms with Gasteiger partial charge in [-0.3, -0.25) is 4.79 Å². The van der Waals surface area contributed by atoms with Gasteiger partial charge in [-0.25, -0.2) is 9.97 Å². The Morgan fingerprint density at radius 3 is 3.00 bits per heavy atom. The fourth-order valence-electron chi connectivity index (χ4n) is 3.74. The summed E-state index contributed by atoms with van der Waals surface area (Å²) >= 11 is 0. The van der Waals surface area contributed by atoms with Crippen molar-refractivity contribution in [3.05, 3.63) is 36.0 Å². The maximum Gasteiger partial charge on any atom is 0.259 e. The molecule has 0 aromatic carbocycles. The molecule has 0 radical (unpaired) electrons. The van der Waals surface area contributed by atoms with Crippen LogP contribution in [0.3, 0.4) is 0 Å². The normalized spacial score (nSPS) is 25.6. The number of rotatable bonds is 4. The number of hydrogen-bond donors (Lipinski definition) is 1. The molecule has 0 aliphatic carbocycles. The summed E-state index contributed by atoms with van der Waals surface area (Å²) in [6.45, 7) is 4.57. The van der Waals surface area contributed by atoms with E-state index in [9.17, 15) is 4.79 Å². The lowest BCUT2D eigenvalue weighted by molar-refractivity contribution is 0.0619. The van der Waals surface area contributed by atoms with E-state index < -0.39 is 0 Å². The number of amides is 1. The van der Waals surface area contributed by atoms with Gasteiger partial charge < -0.3 is 19.5 Å². The number of nitrogens with zero attached hydrogens (tertiary/aromatic N) is 4. The van der Waals surface area contributed by atoms with Gasteiger partial charge in [0, 0.05) is 37.9 Å². The first-order valence-corrected chi connectivity index (χ1v) is 8.55. The van der Waals surface area contributed by atoms with Crippen LogP contribution in [0.25, 0.3) is 0 Å². The van der Waals surface area contributed by atoms with Gasteiger partial charge in [-0.1, -0.05) is 5.16 Å². The summed E-state index contributed by atoms with van der Waals surface area (Å²) in [5, 5.41) is 6.94. The first-order chi connectivity index (χ1) is 12.2. The van der Waals surface area contributed by atoms with Crippen molar-refractivity contribution in [1.82, 2.24) is 20.0 Å². The van der Waals surface area contributed by atoms with Crippen molar-refractivity contribution in [3.8, 4) is 0 Å². The number of nitrogens with one attached hydrogen (secondary N) is 1. The summed E-state index contributed by atoms with van der Waals surface area (Å²) in [7, 11) is 0. The summed E-state index contributed by atoms with van der Waals surface area (Å²) in [4.78, 5) is 22.8. The zero-order valence-corrected chi connectivity index (χ0v) is 14.1. The maximum absolute atomic E-state index is 12.6. The maximum atomic E-state index is 12.6. The number of fused-ring (bicyclic) bond motifs is 1. The first-order valence-electron chi connectivity index (χ1n) is 8.55. The number of hydrogen-bond acceptors (Lipinski definition) is 7. The third kappa shape index (κ3) is 3.21. The van der Waals surface area contributed by atoms with Gasteiger partial charge in [0.15, 0.2) is 0 Å². The standard InChI is InChI=1S/C17H21N5O3/c1-11-14(7-21-25-11)16(23)22-6-3-13-12(9-22)10-24-15(13)8-20-17-18-4-2-5-19-17/h2,4-5,7,12-13,15H,3,6,8-10H2,1H3,(H,18,19,20)/t12-,13-,15+/m1/s1. The third-order valence-electron chi connectivity index (χ3n) is 5.09. The topological polar surface area (TPSA) is 93.4 Å². The summed E-state index contributed by atoms with van der Waals surface area (Å²) in [5.41, 5.74) is 0.553. The molecule has 4 heterocycles. The van der Waals surface area contributed by atoms with Crippen LogP contribution in [0.1, 0.15) is 22.5 Å². The number of aromatic nitrogens is 3. The van der Waals surface area contributed by atoms with Crippen molar-refractivity contribution in [3.63, 3.8) is 0 Å². The molecule has 1 amide bonds. The highest BCUT2D eigenvalue weighted by Crippen LogP contribution is 2.35. The molecule has 8 heteroatoms.